The molecule has 0 bridgehead atoms. The minimum atomic E-state index is -0.280. The molecule has 3 aromatic rings. The molecule has 0 saturated heterocycles. The summed E-state index contributed by atoms with van der Waals surface area (Å²) in [5.41, 5.74) is 1.77. The summed E-state index contributed by atoms with van der Waals surface area (Å²) >= 11 is 0. The highest BCUT2D eigenvalue weighted by atomic mass is 19.1. The normalized spacial score (nSPS) is 14.1. The molecule has 1 fully saturated rings. The third-order valence-corrected chi connectivity index (χ3v) is 4.22. The standard InChI is InChI=1S/C18H16FN3O/c19-15-7-3-1-5-12(15)11-22(13-9-10-13)18(23)17-14-6-2-4-8-16(14)20-21-17/h1-8,13H,9-11H2,(H,20,21). The molecule has 5 heteroatoms. The Balaban J connectivity index is 1.68. The summed E-state index contributed by atoms with van der Waals surface area (Å²) in [6.45, 7) is 0.275. The van der Waals surface area contributed by atoms with Crippen molar-refractivity contribution >= 4 is 16.8 Å². The second kappa shape index (κ2) is 5.50. The molecule has 4 nitrogen and oxygen atoms in total. The van der Waals surface area contributed by atoms with E-state index in [1.54, 1.807) is 23.1 Å². The number of para-hydroxylation sites is 1. The topological polar surface area (TPSA) is 49.0 Å². The van der Waals surface area contributed by atoms with Crippen LogP contribution in [0.2, 0.25) is 0 Å². The highest BCUT2D eigenvalue weighted by Gasteiger charge is 2.35. The first kappa shape index (κ1) is 13.9. The van der Waals surface area contributed by atoms with Crippen molar-refractivity contribution in [1.82, 2.24) is 15.1 Å². The van der Waals surface area contributed by atoms with Crippen LogP contribution in [-0.4, -0.2) is 27.0 Å². The summed E-state index contributed by atoms with van der Waals surface area (Å²) in [5, 5.41) is 7.87. The minimum absolute atomic E-state index is 0.145. The third-order valence-electron chi connectivity index (χ3n) is 4.22. The largest absolute Gasteiger partial charge is 0.330 e. The SMILES string of the molecule is O=C(c1n[nH]c2ccccc12)N(Cc1ccccc1F)C1CC1. The number of hydrogen-bond acceptors (Lipinski definition) is 2. The number of carbonyl (C=O) groups excluding carboxylic acids is 1. The van der Waals surface area contributed by atoms with Crippen molar-refractivity contribution in [1.29, 1.82) is 0 Å². The lowest BCUT2D eigenvalue weighted by Crippen LogP contribution is -2.33. The Hall–Kier alpha value is -2.69. The van der Waals surface area contributed by atoms with Crippen LogP contribution < -0.4 is 0 Å². The van der Waals surface area contributed by atoms with E-state index in [-0.39, 0.29) is 24.3 Å². The van der Waals surface area contributed by atoms with Gasteiger partial charge in [0.25, 0.3) is 5.91 Å². The Kier molecular flexibility index (Phi) is 3.33. The number of rotatable bonds is 4. The minimum Gasteiger partial charge on any atom is -0.330 e. The van der Waals surface area contributed by atoms with E-state index in [2.05, 4.69) is 10.2 Å². The van der Waals surface area contributed by atoms with Crippen molar-refractivity contribution in [2.75, 3.05) is 0 Å². The van der Waals surface area contributed by atoms with Crippen molar-refractivity contribution < 1.29 is 9.18 Å². The smallest absolute Gasteiger partial charge is 0.275 e. The Bertz CT molecular complexity index is 869. The van der Waals surface area contributed by atoms with Crippen LogP contribution in [0.25, 0.3) is 10.9 Å². The highest BCUT2D eigenvalue weighted by molar-refractivity contribution is 6.04. The van der Waals surface area contributed by atoms with Gasteiger partial charge in [-0.3, -0.25) is 9.89 Å². The number of nitrogens with one attached hydrogen (secondary N) is 1. The van der Waals surface area contributed by atoms with Gasteiger partial charge in [-0.1, -0.05) is 36.4 Å². The van der Waals surface area contributed by atoms with Crippen molar-refractivity contribution in [3.63, 3.8) is 0 Å². The maximum atomic E-state index is 13.9. The first-order valence-electron chi connectivity index (χ1n) is 7.71. The Morgan fingerprint density at radius 3 is 2.70 bits per heavy atom. The summed E-state index contributed by atoms with van der Waals surface area (Å²) in [7, 11) is 0. The van der Waals surface area contributed by atoms with E-state index in [9.17, 15) is 9.18 Å². The highest BCUT2D eigenvalue weighted by Crippen LogP contribution is 2.31. The first-order valence-corrected chi connectivity index (χ1v) is 7.71. The third kappa shape index (κ3) is 2.59. The van der Waals surface area contributed by atoms with Crippen LogP contribution in [0.15, 0.2) is 48.5 Å². The molecule has 2 aromatic carbocycles. The van der Waals surface area contributed by atoms with E-state index in [1.807, 2.05) is 24.3 Å². The second-order valence-electron chi connectivity index (χ2n) is 5.87. The predicted molar refractivity (Wildman–Crippen MR) is 85.4 cm³/mol. The molecule has 0 unspecified atom stereocenters. The van der Waals surface area contributed by atoms with Crippen LogP contribution in [0.4, 0.5) is 4.39 Å². The summed E-state index contributed by atoms with van der Waals surface area (Å²) in [4.78, 5) is 14.7. The molecule has 1 aliphatic rings. The fourth-order valence-electron chi connectivity index (χ4n) is 2.83. The fourth-order valence-corrected chi connectivity index (χ4v) is 2.83. The molecule has 23 heavy (non-hydrogen) atoms. The summed E-state index contributed by atoms with van der Waals surface area (Å²) < 4.78 is 13.9. The quantitative estimate of drug-likeness (QED) is 0.802. The molecular formula is C18H16FN3O. The van der Waals surface area contributed by atoms with E-state index in [1.165, 1.54) is 6.07 Å². The van der Waals surface area contributed by atoms with Gasteiger partial charge in [0.2, 0.25) is 0 Å². The average molecular weight is 309 g/mol. The maximum absolute atomic E-state index is 13.9. The zero-order valence-corrected chi connectivity index (χ0v) is 12.5. The molecule has 0 aliphatic heterocycles. The van der Waals surface area contributed by atoms with Crippen molar-refractivity contribution in [3.05, 3.63) is 65.6 Å². The summed E-state index contributed by atoms with van der Waals surface area (Å²) in [6.07, 6.45) is 1.92. The first-order chi connectivity index (χ1) is 11.2. The lowest BCUT2D eigenvalue weighted by molar-refractivity contribution is 0.0724. The van der Waals surface area contributed by atoms with Gasteiger partial charge in [0, 0.05) is 23.5 Å². The number of amides is 1. The van der Waals surface area contributed by atoms with Crippen LogP contribution in [0.1, 0.15) is 28.9 Å². The van der Waals surface area contributed by atoms with Crippen LogP contribution >= 0.6 is 0 Å². The van der Waals surface area contributed by atoms with Crippen LogP contribution in [-0.2, 0) is 6.54 Å². The number of H-pyrrole nitrogens is 1. The average Bonchev–Trinajstić information content (AvgIpc) is 3.32. The molecular weight excluding hydrogens is 293 g/mol. The molecule has 0 radical (unpaired) electrons. The molecule has 1 N–H and O–H groups in total. The van der Waals surface area contributed by atoms with Crippen molar-refractivity contribution in [3.8, 4) is 0 Å². The monoisotopic (exact) mass is 309 g/mol. The van der Waals surface area contributed by atoms with E-state index in [0.717, 1.165) is 23.7 Å². The lowest BCUT2D eigenvalue weighted by Gasteiger charge is -2.22. The molecule has 0 spiro atoms. The Morgan fingerprint density at radius 1 is 1.17 bits per heavy atom. The molecule has 1 aromatic heterocycles. The Morgan fingerprint density at radius 2 is 1.91 bits per heavy atom. The molecule has 0 atom stereocenters. The van der Waals surface area contributed by atoms with E-state index >= 15 is 0 Å². The lowest BCUT2D eigenvalue weighted by atomic mass is 10.1. The van der Waals surface area contributed by atoms with Crippen LogP contribution in [0.5, 0.6) is 0 Å². The number of halogens is 1. The van der Waals surface area contributed by atoms with E-state index < -0.39 is 0 Å². The number of nitrogens with zero attached hydrogens (tertiary/aromatic N) is 2. The maximum Gasteiger partial charge on any atom is 0.275 e. The van der Waals surface area contributed by atoms with Crippen molar-refractivity contribution in [2.24, 2.45) is 0 Å². The summed E-state index contributed by atoms with van der Waals surface area (Å²) in [5.74, 6) is -0.425. The number of benzene rings is 2. The number of aromatic nitrogens is 2. The number of fused-ring (bicyclic) bond motifs is 1. The molecule has 1 amide bonds. The Labute approximate surface area is 132 Å². The van der Waals surface area contributed by atoms with Crippen LogP contribution in [0, 0.1) is 5.82 Å². The van der Waals surface area contributed by atoms with Crippen LogP contribution in [0.3, 0.4) is 0 Å². The van der Waals surface area contributed by atoms with Gasteiger partial charge in [-0.2, -0.15) is 5.10 Å². The van der Waals surface area contributed by atoms with E-state index in [4.69, 9.17) is 0 Å². The van der Waals surface area contributed by atoms with Crippen molar-refractivity contribution in [2.45, 2.75) is 25.4 Å². The zero-order chi connectivity index (χ0) is 15.8. The molecule has 4 rings (SSSR count). The molecule has 1 saturated carbocycles. The van der Waals surface area contributed by atoms with Gasteiger partial charge in [-0.25, -0.2) is 4.39 Å². The van der Waals surface area contributed by atoms with Gasteiger partial charge >= 0.3 is 0 Å². The fraction of sp³-hybridized carbons (Fsp3) is 0.222. The number of aromatic amines is 1. The molecule has 1 aliphatic carbocycles. The summed E-state index contributed by atoms with van der Waals surface area (Å²) in [6, 6.07) is 14.3. The van der Waals surface area contributed by atoms with Gasteiger partial charge in [0.1, 0.15) is 5.82 Å². The van der Waals surface area contributed by atoms with Gasteiger partial charge in [-0.05, 0) is 25.0 Å². The number of hydrogen-bond donors (Lipinski definition) is 1. The molecule has 116 valence electrons. The molecule has 1 heterocycles. The van der Waals surface area contributed by atoms with Gasteiger partial charge < -0.3 is 4.90 Å². The van der Waals surface area contributed by atoms with E-state index in [0.29, 0.717) is 11.3 Å². The van der Waals surface area contributed by atoms with Gasteiger partial charge in [-0.15, -0.1) is 0 Å². The number of carbonyl (C=O) groups is 1. The zero-order valence-electron chi connectivity index (χ0n) is 12.5. The predicted octanol–water partition coefficient (Wildman–Crippen LogP) is 3.51. The van der Waals surface area contributed by atoms with Gasteiger partial charge in [0.15, 0.2) is 5.69 Å². The second-order valence-corrected chi connectivity index (χ2v) is 5.87. The van der Waals surface area contributed by atoms with Gasteiger partial charge in [0.05, 0.1) is 5.52 Å².